The van der Waals surface area contributed by atoms with Gasteiger partial charge in [-0.05, 0) is 25.1 Å². The first-order valence-electron chi connectivity index (χ1n) is 8.01. The van der Waals surface area contributed by atoms with Crippen molar-refractivity contribution in [3.63, 3.8) is 0 Å². The smallest absolute Gasteiger partial charge is 0.307 e. The molecule has 0 saturated heterocycles. The second-order valence-corrected chi connectivity index (χ2v) is 5.92. The van der Waals surface area contributed by atoms with E-state index in [0.29, 0.717) is 5.58 Å². The number of furan rings is 1. The Kier molecular flexibility index (Phi) is 3.61. The van der Waals surface area contributed by atoms with Gasteiger partial charge in [-0.3, -0.25) is 4.79 Å². The predicted octanol–water partition coefficient (Wildman–Crippen LogP) is 4.00. The summed E-state index contributed by atoms with van der Waals surface area (Å²) in [6, 6.07) is 17.3. The van der Waals surface area contributed by atoms with Gasteiger partial charge in [0.1, 0.15) is 5.58 Å². The zero-order valence-corrected chi connectivity index (χ0v) is 14.0. The number of fused-ring (bicyclic) bond motifs is 2. The van der Waals surface area contributed by atoms with Gasteiger partial charge in [-0.2, -0.15) is 5.10 Å². The molecule has 0 spiro atoms. The lowest BCUT2D eigenvalue weighted by Crippen LogP contribution is -2.16. The highest BCUT2D eigenvalue weighted by Gasteiger charge is 2.12. The van der Waals surface area contributed by atoms with Crippen LogP contribution in [0.4, 0.5) is 0 Å². The highest BCUT2D eigenvalue weighted by atomic mass is 16.3. The summed E-state index contributed by atoms with van der Waals surface area (Å²) in [5, 5.41) is 6.11. The summed E-state index contributed by atoms with van der Waals surface area (Å²) >= 11 is 0. The van der Waals surface area contributed by atoms with Crippen molar-refractivity contribution in [2.45, 2.75) is 6.92 Å². The standard InChI is InChI=1S/C20H17N3O2/c1-13-16(15-8-4-5-9-17(15)23(13)2)12-21-22-20(24)19-11-14-7-3-6-10-18(14)25-19/h3-12H,1-2H3,(H,22,24). The number of carbonyl (C=O) groups excluding carboxylic acids is 1. The van der Waals surface area contributed by atoms with E-state index >= 15 is 0 Å². The van der Waals surface area contributed by atoms with Gasteiger partial charge in [-0.1, -0.05) is 36.4 Å². The maximum Gasteiger partial charge on any atom is 0.307 e. The van der Waals surface area contributed by atoms with Crippen LogP contribution in [0.25, 0.3) is 21.9 Å². The zero-order valence-electron chi connectivity index (χ0n) is 14.0. The van der Waals surface area contributed by atoms with Crippen molar-refractivity contribution < 1.29 is 9.21 Å². The van der Waals surface area contributed by atoms with E-state index in [-0.39, 0.29) is 11.7 Å². The lowest BCUT2D eigenvalue weighted by atomic mass is 10.1. The van der Waals surface area contributed by atoms with Crippen LogP contribution < -0.4 is 5.43 Å². The number of nitrogens with one attached hydrogen (secondary N) is 1. The third-order valence-corrected chi connectivity index (χ3v) is 4.46. The van der Waals surface area contributed by atoms with Crippen LogP contribution in [0.2, 0.25) is 0 Å². The quantitative estimate of drug-likeness (QED) is 0.456. The normalized spacial score (nSPS) is 11.6. The van der Waals surface area contributed by atoms with Crippen molar-refractivity contribution in [2.24, 2.45) is 12.1 Å². The molecule has 0 unspecified atom stereocenters. The van der Waals surface area contributed by atoms with Crippen molar-refractivity contribution in [1.29, 1.82) is 0 Å². The number of hydrazone groups is 1. The van der Waals surface area contributed by atoms with Gasteiger partial charge in [-0.25, -0.2) is 5.43 Å². The molecule has 124 valence electrons. The molecule has 0 radical (unpaired) electrons. The number of rotatable bonds is 3. The van der Waals surface area contributed by atoms with E-state index in [0.717, 1.165) is 27.5 Å². The fourth-order valence-electron chi connectivity index (χ4n) is 3.02. The molecular weight excluding hydrogens is 314 g/mol. The minimum absolute atomic E-state index is 0.244. The highest BCUT2D eigenvalue weighted by Crippen LogP contribution is 2.23. The Morgan fingerprint density at radius 2 is 1.92 bits per heavy atom. The molecule has 0 aliphatic heterocycles. The molecule has 2 aromatic heterocycles. The van der Waals surface area contributed by atoms with Crippen LogP contribution in [-0.2, 0) is 7.05 Å². The molecule has 0 saturated carbocycles. The highest BCUT2D eigenvalue weighted by molar-refractivity contribution is 6.02. The van der Waals surface area contributed by atoms with E-state index in [1.165, 1.54) is 0 Å². The van der Waals surface area contributed by atoms with Gasteiger partial charge in [0, 0.05) is 34.6 Å². The van der Waals surface area contributed by atoms with Gasteiger partial charge in [0.05, 0.1) is 6.21 Å². The summed E-state index contributed by atoms with van der Waals surface area (Å²) in [6.45, 7) is 2.03. The average Bonchev–Trinajstić information content (AvgIpc) is 3.17. The summed E-state index contributed by atoms with van der Waals surface area (Å²) < 4.78 is 7.65. The van der Waals surface area contributed by atoms with Gasteiger partial charge >= 0.3 is 5.91 Å². The van der Waals surface area contributed by atoms with Crippen molar-refractivity contribution in [3.05, 3.63) is 71.6 Å². The molecule has 0 bridgehead atoms. The van der Waals surface area contributed by atoms with Crippen molar-refractivity contribution >= 4 is 34.0 Å². The second kappa shape index (κ2) is 5.94. The lowest BCUT2D eigenvalue weighted by molar-refractivity contribution is 0.0929. The third kappa shape index (κ3) is 2.59. The Hall–Kier alpha value is -3.34. The Labute approximate surface area is 144 Å². The van der Waals surface area contributed by atoms with Crippen molar-refractivity contribution in [1.82, 2.24) is 9.99 Å². The van der Waals surface area contributed by atoms with Crippen molar-refractivity contribution in [3.8, 4) is 0 Å². The van der Waals surface area contributed by atoms with Gasteiger partial charge < -0.3 is 8.98 Å². The molecule has 1 amide bonds. The number of hydrogen-bond donors (Lipinski definition) is 1. The molecule has 0 aliphatic rings. The van der Waals surface area contributed by atoms with E-state index in [4.69, 9.17) is 4.42 Å². The van der Waals surface area contributed by atoms with Crippen LogP contribution in [0.15, 0.2) is 64.1 Å². The zero-order chi connectivity index (χ0) is 17.4. The molecule has 1 N–H and O–H groups in total. The molecule has 5 heteroatoms. The number of hydrogen-bond acceptors (Lipinski definition) is 3. The summed E-state index contributed by atoms with van der Waals surface area (Å²) in [7, 11) is 2.02. The van der Waals surface area contributed by atoms with Gasteiger partial charge in [0.25, 0.3) is 0 Å². The van der Waals surface area contributed by atoms with Gasteiger partial charge in [0.15, 0.2) is 5.76 Å². The molecule has 0 atom stereocenters. The number of amides is 1. The molecule has 4 aromatic rings. The SMILES string of the molecule is Cc1c(C=NNC(=O)c2cc3ccccc3o2)c2ccccc2n1C. The van der Waals surface area contributed by atoms with Crippen LogP contribution in [0, 0.1) is 6.92 Å². The van der Waals surface area contributed by atoms with E-state index in [9.17, 15) is 4.79 Å². The van der Waals surface area contributed by atoms with Gasteiger partial charge in [-0.15, -0.1) is 0 Å². The van der Waals surface area contributed by atoms with Crippen LogP contribution in [0.5, 0.6) is 0 Å². The number of para-hydroxylation sites is 2. The molecular formula is C20H17N3O2. The number of aryl methyl sites for hydroxylation is 1. The summed E-state index contributed by atoms with van der Waals surface area (Å²) in [5.74, 6) is -0.127. The Morgan fingerprint density at radius 3 is 2.76 bits per heavy atom. The second-order valence-electron chi connectivity index (χ2n) is 5.92. The van der Waals surface area contributed by atoms with E-state index in [1.54, 1.807) is 12.3 Å². The number of carbonyl (C=O) groups is 1. The first kappa shape index (κ1) is 15.2. The largest absolute Gasteiger partial charge is 0.451 e. The molecule has 2 aromatic carbocycles. The fraction of sp³-hybridized carbons (Fsp3) is 0.100. The predicted molar refractivity (Wildman–Crippen MR) is 98.9 cm³/mol. The molecule has 4 rings (SSSR count). The lowest BCUT2D eigenvalue weighted by Gasteiger charge is -1.98. The first-order chi connectivity index (χ1) is 12.1. The topological polar surface area (TPSA) is 59.5 Å². The van der Waals surface area contributed by atoms with Crippen LogP contribution >= 0.6 is 0 Å². The van der Waals surface area contributed by atoms with Crippen LogP contribution in [0.3, 0.4) is 0 Å². The third-order valence-electron chi connectivity index (χ3n) is 4.46. The summed E-state index contributed by atoms with van der Waals surface area (Å²) in [4.78, 5) is 12.2. The molecule has 5 nitrogen and oxygen atoms in total. The number of benzene rings is 2. The molecule has 25 heavy (non-hydrogen) atoms. The van der Waals surface area contributed by atoms with E-state index < -0.39 is 0 Å². The average molecular weight is 331 g/mol. The molecule has 0 aliphatic carbocycles. The Bertz CT molecular complexity index is 1090. The Morgan fingerprint density at radius 1 is 1.16 bits per heavy atom. The fourth-order valence-corrected chi connectivity index (χ4v) is 3.02. The van der Waals surface area contributed by atoms with Gasteiger partial charge in [0.2, 0.25) is 0 Å². The Balaban J connectivity index is 1.59. The summed E-state index contributed by atoms with van der Waals surface area (Å²) in [6.07, 6.45) is 1.68. The minimum atomic E-state index is -0.370. The molecule has 2 heterocycles. The minimum Gasteiger partial charge on any atom is -0.451 e. The van der Waals surface area contributed by atoms with E-state index in [2.05, 4.69) is 21.2 Å². The van der Waals surface area contributed by atoms with Crippen molar-refractivity contribution in [2.75, 3.05) is 0 Å². The maximum absolute atomic E-state index is 12.2. The summed E-state index contributed by atoms with van der Waals surface area (Å²) in [5.41, 5.74) is 6.42. The van der Waals surface area contributed by atoms with Crippen LogP contribution in [0.1, 0.15) is 21.8 Å². The van der Waals surface area contributed by atoms with E-state index in [1.807, 2.05) is 56.4 Å². The first-order valence-corrected chi connectivity index (χ1v) is 8.01. The monoisotopic (exact) mass is 331 g/mol. The van der Waals surface area contributed by atoms with Crippen LogP contribution in [-0.4, -0.2) is 16.7 Å². The number of nitrogens with zero attached hydrogens (tertiary/aromatic N) is 2. The molecule has 0 fully saturated rings. The maximum atomic E-state index is 12.2. The number of aromatic nitrogens is 1.